The van der Waals surface area contributed by atoms with E-state index in [1.807, 2.05) is 6.07 Å². The molecule has 0 bridgehead atoms. The second kappa shape index (κ2) is 5.35. The molecule has 6 heteroatoms. The molecule has 132 valence electrons. The Morgan fingerprint density at radius 1 is 1.44 bits per heavy atom. The van der Waals surface area contributed by atoms with Gasteiger partial charge < -0.3 is 9.47 Å². The maximum absolute atomic E-state index is 14.4. The largest absolute Gasteiger partial charge is 0.481 e. The Balaban J connectivity index is 1.36. The molecule has 25 heavy (non-hydrogen) atoms. The summed E-state index contributed by atoms with van der Waals surface area (Å²) < 4.78 is 25.6. The van der Waals surface area contributed by atoms with Gasteiger partial charge in [-0.25, -0.2) is 9.37 Å². The van der Waals surface area contributed by atoms with Crippen LogP contribution >= 0.6 is 0 Å². The Bertz CT molecular complexity index is 845. The summed E-state index contributed by atoms with van der Waals surface area (Å²) in [6.45, 7) is 5.15. The first-order valence-electron chi connectivity index (χ1n) is 8.99. The average Bonchev–Trinajstić information content (AvgIpc) is 3.14. The quantitative estimate of drug-likeness (QED) is 0.798. The molecule has 4 atom stereocenters. The van der Waals surface area contributed by atoms with Gasteiger partial charge in [-0.2, -0.15) is 0 Å². The topological polar surface area (TPSA) is 50.8 Å². The van der Waals surface area contributed by atoms with Gasteiger partial charge in [-0.05, 0) is 24.8 Å². The van der Waals surface area contributed by atoms with Gasteiger partial charge in [0.05, 0.1) is 30.4 Å². The van der Waals surface area contributed by atoms with Crippen LogP contribution in [0.15, 0.2) is 18.3 Å². The zero-order valence-electron chi connectivity index (χ0n) is 14.5. The number of epoxide rings is 1. The summed E-state index contributed by atoms with van der Waals surface area (Å²) in [6, 6.07) is 3.58. The van der Waals surface area contributed by atoms with E-state index in [4.69, 9.17) is 9.47 Å². The molecule has 2 saturated heterocycles. The van der Waals surface area contributed by atoms with E-state index in [2.05, 4.69) is 21.8 Å². The first kappa shape index (κ1) is 15.5. The first-order valence-corrected chi connectivity index (χ1v) is 8.99. The van der Waals surface area contributed by atoms with Crippen molar-refractivity contribution in [2.75, 3.05) is 26.7 Å². The molecule has 2 aliphatic heterocycles. The van der Waals surface area contributed by atoms with E-state index < -0.39 is 0 Å². The van der Waals surface area contributed by atoms with E-state index in [0.717, 1.165) is 19.6 Å². The van der Waals surface area contributed by atoms with Crippen molar-refractivity contribution in [2.24, 2.45) is 11.8 Å². The number of fused-ring (bicyclic) bond motifs is 1. The number of nitrogens with zero attached hydrogens (tertiary/aromatic N) is 3. The van der Waals surface area contributed by atoms with Crippen LogP contribution in [0.2, 0.25) is 0 Å². The average molecular weight is 343 g/mol. The molecule has 1 aliphatic carbocycles. The van der Waals surface area contributed by atoms with Crippen LogP contribution < -0.4 is 4.74 Å². The molecule has 5 nitrogen and oxygen atoms in total. The second-order valence-corrected chi connectivity index (χ2v) is 7.69. The molecule has 0 amide bonds. The van der Waals surface area contributed by atoms with Gasteiger partial charge in [0, 0.05) is 37.2 Å². The van der Waals surface area contributed by atoms with Crippen LogP contribution in [-0.4, -0.2) is 53.3 Å². The molecule has 1 saturated carbocycles. The van der Waals surface area contributed by atoms with E-state index in [0.29, 0.717) is 46.8 Å². The van der Waals surface area contributed by atoms with Crippen molar-refractivity contribution < 1.29 is 13.9 Å². The molecule has 4 heterocycles. The monoisotopic (exact) mass is 343 g/mol. The first-order chi connectivity index (χ1) is 12.1. The number of likely N-dealkylation sites (tertiary alicyclic amines) is 1. The van der Waals surface area contributed by atoms with Crippen LogP contribution in [0.1, 0.15) is 18.9 Å². The van der Waals surface area contributed by atoms with Crippen LogP contribution in [0, 0.1) is 17.7 Å². The van der Waals surface area contributed by atoms with Crippen LogP contribution in [0.3, 0.4) is 0 Å². The Hall–Kier alpha value is -1.79. The lowest BCUT2D eigenvalue weighted by atomic mass is 9.99. The van der Waals surface area contributed by atoms with Crippen LogP contribution in [0.5, 0.6) is 5.88 Å². The third-order valence-electron chi connectivity index (χ3n) is 6.21. The molecule has 5 rings (SSSR count). The number of rotatable bonds is 4. The summed E-state index contributed by atoms with van der Waals surface area (Å²) in [5, 5.41) is 0. The van der Waals surface area contributed by atoms with Crippen LogP contribution in [0.25, 0.3) is 11.0 Å². The van der Waals surface area contributed by atoms with Crippen molar-refractivity contribution >= 4 is 11.0 Å². The van der Waals surface area contributed by atoms with E-state index in [1.54, 1.807) is 13.2 Å². The van der Waals surface area contributed by atoms with Gasteiger partial charge in [0.15, 0.2) is 0 Å². The summed E-state index contributed by atoms with van der Waals surface area (Å²) in [7, 11) is 1.57. The van der Waals surface area contributed by atoms with Crippen LogP contribution in [0.4, 0.5) is 4.39 Å². The standard InChI is InChI=1S/C19H22FN3O2/c1-11-7-12-9-23(10-19(12)18(11)25-19)6-5-13-14(20)8-21-15-3-4-16(24-2)22-17(13)15/h3-4,8,11-12,18H,5-7,9-10H2,1-2H3/t11?,12-,18?,19?/m1/s1. The van der Waals surface area contributed by atoms with Gasteiger partial charge in [0.2, 0.25) is 5.88 Å². The Kier molecular flexibility index (Phi) is 3.31. The molecule has 2 aromatic heterocycles. The third kappa shape index (κ3) is 2.27. The maximum Gasteiger partial charge on any atom is 0.213 e. The van der Waals surface area contributed by atoms with Crippen molar-refractivity contribution in [1.82, 2.24) is 14.9 Å². The maximum atomic E-state index is 14.4. The fourth-order valence-electron chi connectivity index (χ4n) is 4.98. The lowest BCUT2D eigenvalue weighted by molar-refractivity contribution is 0.197. The summed E-state index contributed by atoms with van der Waals surface area (Å²) in [5.74, 6) is 1.52. The Morgan fingerprint density at radius 3 is 3.08 bits per heavy atom. The number of hydrogen-bond acceptors (Lipinski definition) is 5. The Labute approximate surface area is 146 Å². The van der Waals surface area contributed by atoms with E-state index >= 15 is 0 Å². The minimum atomic E-state index is -0.292. The summed E-state index contributed by atoms with van der Waals surface area (Å²) >= 11 is 0. The normalized spacial score (nSPS) is 33.5. The minimum Gasteiger partial charge on any atom is -0.481 e. The second-order valence-electron chi connectivity index (χ2n) is 7.69. The number of pyridine rings is 2. The molecule has 3 fully saturated rings. The Morgan fingerprint density at radius 2 is 2.32 bits per heavy atom. The molecule has 1 spiro atoms. The van der Waals surface area contributed by atoms with Crippen molar-refractivity contribution in [3.8, 4) is 5.88 Å². The van der Waals surface area contributed by atoms with Gasteiger partial charge in [-0.3, -0.25) is 9.88 Å². The van der Waals surface area contributed by atoms with E-state index in [-0.39, 0.29) is 11.4 Å². The highest BCUT2D eigenvalue weighted by molar-refractivity contribution is 5.78. The van der Waals surface area contributed by atoms with Gasteiger partial charge in [0.25, 0.3) is 0 Å². The number of methoxy groups -OCH3 is 1. The van der Waals surface area contributed by atoms with E-state index in [9.17, 15) is 4.39 Å². The zero-order chi connectivity index (χ0) is 17.2. The van der Waals surface area contributed by atoms with Gasteiger partial charge in [0.1, 0.15) is 11.4 Å². The molecule has 0 N–H and O–H groups in total. The van der Waals surface area contributed by atoms with Gasteiger partial charge in [-0.15, -0.1) is 0 Å². The van der Waals surface area contributed by atoms with Crippen molar-refractivity contribution in [3.63, 3.8) is 0 Å². The molecule has 3 aliphatic rings. The number of halogens is 1. The molecule has 0 radical (unpaired) electrons. The number of hydrogen-bond donors (Lipinski definition) is 0. The summed E-state index contributed by atoms with van der Waals surface area (Å²) in [5.41, 5.74) is 2.04. The molecule has 2 aromatic rings. The molecular weight excluding hydrogens is 321 g/mol. The van der Waals surface area contributed by atoms with Gasteiger partial charge in [-0.1, -0.05) is 6.92 Å². The highest BCUT2D eigenvalue weighted by Crippen LogP contribution is 2.59. The van der Waals surface area contributed by atoms with Crippen molar-refractivity contribution in [3.05, 3.63) is 29.7 Å². The highest BCUT2D eigenvalue weighted by Gasteiger charge is 2.71. The van der Waals surface area contributed by atoms with Crippen molar-refractivity contribution in [1.29, 1.82) is 0 Å². The number of aromatic nitrogens is 2. The van der Waals surface area contributed by atoms with Gasteiger partial charge >= 0.3 is 0 Å². The predicted octanol–water partition coefficient (Wildman–Crippen LogP) is 2.43. The molecule has 0 aromatic carbocycles. The van der Waals surface area contributed by atoms with Crippen molar-refractivity contribution in [2.45, 2.75) is 31.5 Å². The lowest BCUT2D eigenvalue weighted by Crippen LogP contribution is -2.27. The minimum absolute atomic E-state index is 0.111. The number of ether oxygens (including phenoxy) is 2. The third-order valence-corrected chi connectivity index (χ3v) is 6.21. The fourth-order valence-corrected chi connectivity index (χ4v) is 4.98. The molecule has 3 unspecified atom stereocenters. The highest BCUT2D eigenvalue weighted by atomic mass is 19.1. The zero-order valence-corrected chi connectivity index (χ0v) is 14.5. The fraction of sp³-hybridized carbons (Fsp3) is 0.579. The SMILES string of the molecule is COc1ccc2ncc(F)c(CCN3C[C@H]4CC(C)C5OC54C3)c2n1. The summed E-state index contributed by atoms with van der Waals surface area (Å²) in [4.78, 5) is 11.0. The van der Waals surface area contributed by atoms with Crippen LogP contribution in [-0.2, 0) is 11.2 Å². The predicted molar refractivity (Wildman–Crippen MR) is 91.1 cm³/mol. The smallest absolute Gasteiger partial charge is 0.213 e. The summed E-state index contributed by atoms with van der Waals surface area (Å²) in [6.07, 6.45) is 3.62. The lowest BCUT2D eigenvalue weighted by Gasteiger charge is -2.17. The molecular formula is C19H22FN3O2. The van der Waals surface area contributed by atoms with E-state index in [1.165, 1.54) is 12.6 Å².